The van der Waals surface area contributed by atoms with Gasteiger partial charge in [-0.25, -0.2) is 4.98 Å². The summed E-state index contributed by atoms with van der Waals surface area (Å²) < 4.78 is 0. The molecule has 1 aromatic rings. The fraction of sp³-hybridized carbons (Fsp3) is 0.200. The molecular formula is C10H12N2OS. The molecule has 74 valence electrons. The molecule has 1 heterocycles. The number of nitrogens with zero attached hydrogens (tertiary/aromatic N) is 1. The third kappa shape index (κ3) is 2.60. The molecule has 0 atom stereocenters. The lowest BCUT2D eigenvalue weighted by Crippen LogP contribution is -2.20. The van der Waals surface area contributed by atoms with Crippen LogP contribution in [0.3, 0.4) is 0 Å². The van der Waals surface area contributed by atoms with Crippen LogP contribution in [0.4, 0.5) is 0 Å². The second-order valence-corrected chi connectivity index (χ2v) is 3.59. The first-order chi connectivity index (χ1) is 6.79. The fourth-order valence-corrected chi connectivity index (χ4v) is 1.70. The maximum atomic E-state index is 11.4. The molecule has 0 saturated heterocycles. The topological polar surface area (TPSA) is 42.0 Å². The Morgan fingerprint density at radius 1 is 1.79 bits per heavy atom. The molecule has 0 fully saturated rings. The van der Waals surface area contributed by atoms with Gasteiger partial charge in [-0.15, -0.1) is 18.3 Å². The first-order valence-corrected chi connectivity index (χ1v) is 5.19. The quantitative estimate of drug-likeness (QED) is 0.605. The number of amides is 1. The Morgan fingerprint density at radius 3 is 3.21 bits per heavy atom. The molecule has 1 aromatic heterocycles. The third-order valence-electron chi connectivity index (χ3n) is 1.57. The van der Waals surface area contributed by atoms with Gasteiger partial charge in [-0.3, -0.25) is 4.79 Å². The van der Waals surface area contributed by atoms with Gasteiger partial charge in [-0.2, -0.15) is 0 Å². The van der Waals surface area contributed by atoms with Gasteiger partial charge in [0.1, 0.15) is 5.69 Å². The molecule has 0 aliphatic heterocycles. The number of hydrogen-bond donors (Lipinski definition) is 1. The van der Waals surface area contributed by atoms with Crippen molar-refractivity contribution in [3.8, 4) is 0 Å². The Kier molecular flexibility index (Phi) is 4.19. The van der Waals surface area contributed by atoms with Crippen LogP contribution in [0.1, 0.15) is 10.5 Å². The van der Waals surface area contributed by atoms with Gasteiger partial charge in [0.15, 0.2) is 0 Å². The molecule has 1 N–H and O–H groups in total. The maximum absolute atomic E-state index is 11.4. The van der Waals surface area contributed by atoms with Crippen molar-refractivity contribution in [1.82, 2.24) is 10.3 Å². The van der Waals surface area contributed by atoms with Gasteiger partial charge in [-0.05, 0) is 12.1 Å². The van der Waals surface area contributed by atoms with Gasteiger partial charge >= 0.3 is 0 Å². The molecule has 14 heavy (non-hydrogen) atoms. The highest BCUT2D eigenvalue weighted by Gasteiger charge is 2.10. The number of rotatable bonds is 4. The summed E-state index contributed by atoms with van der Waals surface area (Å²) in [5.74, 6) is 0.618. The van der Waals surface area contributed by atoms with Crippen molar-refractivity contribution in [3.63, 3.8) is 0 Å². The largest absolute Gasteiger partial charge is 0.354 e. The summed E-state index contributed by atoms with van der Waals surface area (Å²) >= 11 is 1.55. The summed E-state index contributed by atoms with van der Waals surface area (Å²) in [7, 11) is 1.60. The first-order valence-electron chi connectivity index (χ1n) is 4.20. The minimum Gasteiger partial charge on any atom is -0.354 e. The second kappa shape index (κ2) is 5.44. The van der Waals surface area contributed by atoms with Crippen molar-refractivity contribution < 1.29 is 4.79 Å². The van der Waals surface area contributed by atoms with E-state index in [4.69, 9.17) is 0 Å². The summed E-state index contributed by atoms with van der Waals surface area (Å²) in [6.45, 7) is 3.63. The highest BCUT2D eigenvalue weighted by molar-refractivity contribution is 7.99. The van der Waals surface area contributed by atoms with Crippen LogP contribution < -0.4 is 5.32 Å². The van der Waals surface area contributed by atoms with Crippen molar-refractivity contribution in [3.05, 3.63) is 36.7 Å². The predicted octanol–water partition coefficient (Wildman–Crippen LogP) is 1.72. The minimum atomic E-state index is -0.155. The van der Waals surface area contributed by atoms with E-state index in [9.17, 15) is 4.79 Å². The summed E-state index contributed by atoms with van der Waals surface area (Å²) in [4.78, 5) is 16.3. The molecule has 1 amide bonds. The Labute approximate surface area is 87.6 Å². The highest BCUT2D eigenvalue weighted by atomic mass is 32.2. The molecule has 0 spiro atoms. The van der Waals surface area contributed by atoms with Crippen LogP contribution in [-0.2, 0) is 0 Å². The Hall–Kier alpha value is -1.29. The van der Waals surface area contributed by atoms with Crippen molar-refractivity contribution in [2.45, 2.75) is 4.90 Å². The average Bonchev–Trinajstić information content (AvgIpc) is 2.25. The van der Waals surface area contributed by atoms with Crippen LogP contribution in [0.25, 0.3) is 0 Å². The van der Waals surface area contributed by atoms with E-state index < -0.39 is 0 Å². The van der Waals surface area contributed by atoms with Gasteiger partial charge in [0.2, 0.25) is 0 Å². The molecule has 0 aliphatic rings. The lowest BCUT2D eigenvalue weighted by Gasteiger charge is -2.04. The number of pyridine rings is 1. The van der Waals surface area contributed by atoms with Crippen molar-refractivity contribution in [2.75, 3.05) is 12.8 Å². The van der Waals surface area contributed by atoms with Crippen molar-refractivity contribution >= 4 is 17.7 Å². The smallest absolute Gasteiger partial charge is 0.270 e. The van der Waals surface area contributed by atoms with E-state index in [1.807, 2.05) is 12.1 Å². The zero-order valence-electron chi connectivity index (χ0n) is 7.99. The number of thioether (sulfide) groups is 1. The van der Waals surface area contributed by atoms with Crippen LogP contribution in [0.15, 0.2) is 35.9 Å². The zero-order chi connectivity index (χ0) is 10.4. The zero-order valence-corrected chi connectivity index (χ0v) is 8.80. The van der Waals surface area contributed by atoms with Crippen molar-refractivity contribution in [1.29, 1.82) is 0 Å². The monoisotopic (exact) mass is 208 g/mol. The Balaban J connectivity index is 2.90. The predicted molar refractivity (Wildman–Crippen MR) is 58.5 cm³/mol. The molecule has 0 unspecified atom stereocenters. The van der Waals surface area contributed by atoms with E-state index in [0.717, 1.165) is 10.6 Å². The molecule has 3 nitrogen and oxygen atoms in total. The molecule has 4 heteroatoms. The number of nitrogens with one attached hydrogen (secondary N) is 1. The van der Waals surface area contributed by atoms with Gasteiger partial charge in [-0.1, -0.05) is 6.08 Å². The standard InChI is InChI=1S/C10H12N2OS/c1-3-7-14-8-5-4-6-12-9(8)10(13)11-2/h3-6H,1,7H2,2H3,(H,11,13). The lowest BCUT2D eigenvalue weighted by molar-refractivity contribution is 0.0955. The molecular weight excluding hydrogens is 196 g/mol. The molecule has 1 rings (SSSR count). The van der Waals surface area contributed by atoms with Gasteiger partial charge in [0, 0.05) is 23.9 Å². The summed E-state index contributed by atoms with van der Waals surface area (Å²) in [6, 6.07) is 3.70. The summed E-state index contributed by atoms with van der Waals surface area (Å²) in [5, 5.41) is 2.56. The number of carbonyl (C=O) groups excluding carboxylic acids is 1. The highest BCUT2D eigenvalue weighted by Crippen LogP contribution is 2.20. The maximum Gasteiger partial charge on any atom is 0.270 e. The summed E-state index contributed by atoms with van der Waals surface area (Å²) in [6.07, 6.45) is 3.41. The number of aromatic nitrogens is 1. The van der Waals surface area contributed by atoms with Gasteiger partial charge in [0.25, 0.3) is 5.91 Å². The van der Waals surface area contributed by atoms with Crippen LogP contribution in [0, 0.1) is 0 Å². The van der Waals surface area contributed by atoms with E-state index in [-0.39, 0.29) is 5.91 Å². The number of hydrogen-bond acceptors (Lipinski definition) is 3. The minimum absolute atomic E-state index is 0.155. The van der Waals surface area contributed by atoms with Crippen LogP contribution in [0.2, 0.25) is 0 Å². The summed E-state index contributed by atoms with van der Waals surface area (Å²) in [5.41, 5.74) is 0.474. The van der Waals surface area contributed by atoms with Gasteiger partial charge < -0.3 is 5.32 Å². The molecule has 0 saturated carbocycles. The van der Waals surface area contributed by atoms with Crippen LogP contribution >= 0.6 is 11.8 Å². The number of carbonyl (C=O) groups is 1. The van der Waals surface area contributed by atoms with E-state index in [0.29, 0.717) is 5.69 Å². The second-order valence-electron chi connectivity index (χ2n) is 2.53. The normalized spacial score (nSPS) is 9.50. The van der Waals surface area contributed by atoms with Crippen molar-refractivity contribution in [2.24, 2.45) is 0 Å². The SMILES string of the molecule is C=CCSc1cccnc1C(=O)NC. The Bertz CT molecular complexity index is 339. The van der Waals surface area contributed by atoms with Gasteiger partial charge in [0.05, 0.1) is 0 Å². The third-order valence-corrected chi connectivity index (χ3v) is 2.61. The lowest BCUT2D eigenvalue weighted by atomic mass is 10.3. The first kappa shape index (κ1) is 10.8. The molecule has 0 aliphatic carbocycles. The molecule has 0 aromatic carbocycles. The van der Waals surface area contributed by atoms with E-state index >= 15 is 0 Å². The van der Waals surface area contributed by atoms with E-state index in [1.54, 1.807) is 31.1 Å². The average molecular weight is 208 g/mol. The Morgan fingerprint density at radius 2 is 2.57 bits per heavy atom. The van der Waals surface area contributed by atoms with Crippen LogP contribution in [0.5, 0.6) is 0 Å². The van der Waals surface area contributed by atoms with Crippen LogP contribution in [-0.4, -0.2) is 23.7 Å². The van der Waals surface area contributed by atoms with E-state index in [1.165, 1.54) is 0 Å². The molecule has 0 radical (unpaired) electrons. The molecule has 0 bridgehead atoms. The fourth-order valence-electron chi connectivity index (χ4n) is 0.945. The van der Waals surface area contributed by atoms with E-state index in [2.05, 4.69) is 16.9 Å².